The Balaban J connectivity index is 1.46. The van der Waals surface area contributed by atoms with Crippen molar-refractivity contribution in [2.45, 2.75) is 84.0 Å². The van der Waals surface area contributed by atoms with Gasteiger partial charge < -0.3 is 10.1 Å². The standard InChI is InChI=1S/C27H32FN5O4/c1-15-10-23(31-33(15)16(2)34)18-7-6-17(22(28)13-18)11-20(14-29)30-25(35)24-19-8-9-21(12-19)32(24)26(36)37-27(3,4)5/h6-7,10,13,19-21,24H,8-9,11-12H2,1-5H3,(H,30,35). The number of carbonyl (C=O) groups excluding carboxylic acids is 3. The molecule has 1 aromatic heterocycles. The molecule has 0 spiro atoms. The lowest BCUT2D eigenvalue weighted by Crippen LogP contribution is -2.55. The van der Waals surface area contributed by atoms with Gasteiger partial charge in [-0.1, -0.05) is 12.1 Å². The highest BCUT2D eigenvalue weighted by Crippen LogP contribution is 2.43. The van der Waals surface area contributed by atoms with Gasteiger partial charge in [-0.25, -0.2) is 13.9 Å². The van der Waals surface area contributed by atoms with Crippen molar-refractivity contribution in [3.8, 4) is 17.3 Å². The van der Waals surface area contributed by atoms with Crippen LogP contribution in [0.3, 0.4) is 0 Å². The molecule has 10 heteroatoms. The molecular weight excluding hydrogens is 477 g/mol. The summed E-state index contributed by atoms with van der Waals surface area (Å²) in [6, 6.07) is 6.51. The number of ether oxygens (including phenoxy) is 1. The van der Waals surface area contributed by atoms with E-state index in [4.69, 9.17) is 4.74 Å². The van der Waals surface area contributed by atoms with Gasteiger partial charge in [0, 0.05) is 30.6 Å². The third kappa shape index (κ3) is 5.50. The predicted molar refractivity (Wildman–Crippen MR) is 133 cm³/mol. The molecule has 1 aliphatic carbocycles. The number of hydrogen-bond acceptors (Lipinski definition) is 6. The first kappa shape index (κ1) is 26.3. The van der Waals surface area contributed by atoms with Gasteiger partial charge in [0.05, 0.1) is 11.8 Å². The minimum atomic E-state index is -0.980. The molecule has 4 atom stereocenters. The number of hydrogen-bond donors (Lipinski definition) is 1. The van der Waals surface area contributed by atoms with Gasteiger partial charge in [-0.3, -0.25) is 14.5 Å². The maximum Gasteiger partial charge on any atom is 0.411 e. The van der Waals surface area contributed by atoms with Gasteiger partial charge in [0.1, 0.15) is 23.5 Å². The summed E-state index contributed by atoms with van der Waals surface area (Å²) in [5.74, 6) is -1.20. The number of amides is 2. The van der Waals surface area contributed by atoms with Crippen LogP contribution in [0.1, 0.15) is 63.0 Å². The van der Waals surface area contributed by atoms with Crippen LogP contribution in [0.4, 0.5) is 9.18 Å². The van der Waals surface area contributed by atoms with E-state index in [9.17, 15) is 24.0 Å². The van der Waals surface area contributed by atoms with Crippen molar-refractivity contribution >= 4 is 17.9 Å². The summed E-state index contributed by atoms with van der Waals surface area (Å²) in [4.78, 5) is 39.3. The third-order valence-electron chi connectivity index (χ3n) is 6.89. The van der Waals surface area contributed by atoms with E-state index >= 15 is 0 Å². The summed E-state index contributed by atoms with van der Waals surface area (Å²) in [6.45, 7) is 8.46. The fourth-order valence-corrected chi connectivity index (χ4v) is 5.32. The van der Waals surface area contributed by atoms with E-state index in [2.05, 4.69) is 10.4 Å². The molecule has 9 nitrogen and oxygen atoms in total. The number of halogens is 1. The summed E-state index contributed by atoms with van der Waals surface area (Å²) in [5.41, 5.74) is 1.16. The van der Waals surface area contributed by atoms with Crippen molar-refractivity contribution in [2.24, 2.45) is 5.92 Å². The molecule has 4 unspecified atom stereocenters. The summed E-state index contributed by atoms with van der Waals surface area (Å²) >= 11 is 0. The van der Waals surface area contributed by atoms with E-state index < -0.39 is 35.5 Å². The molecule has 2 amide bonds. The predicted octanol–water partition coefficient (Wildman–Crippen LogP) is 4.00. The molecule has 2 heterocycles. The van der Waals surface area contributed by atoms with Crippen molar-refractivity contribution in [3.05, 3.63) is 41.3 Å². The lowest BCUT2D eigenvalue weighted by atomic mass is 9.97. The fraction of sp³-hybridized carbons (Fsp3) is 0.519. The van der Waals surface area contributed by atoms with Crippen LogP contribution in [0.5, 0.6) is 0 Å². The number of likely N-dealkylation sites (tertiary alicyclic amines) is 1. The van der Waals surface area contributed by atoms with Gasteiger partial charge in [-0.2, -0.15) is 10.4 Å². The summed E-state index contributed by atoms with van der Waals surface area (Å²) in [6.07, 6.45) is 1.80. The molecule has 4 rings (SSSR count). The smallest absolute Gasteiger partial charge is 0.411 e. The van der Waals surface area contributed by atoms with Gasteiger partial charge in [0.25, 0.3) is 0 Å². The molecular formula is C27H32FN5O4. The number of nitriles is 1. The molecule has 0 radical (unpaired) electrons. The van der Waals surface area contributed by atoms with E-state index in [1.54, 1.807) is 45.9 Å². The van der Waals surface area contributed by atoms with E-state index in [0.717, 1.165) is 19.3 Å². The zero-order valence-electron chi connectivity index (χ0n) is 21.7. The molecule has 1 saturated heterocycles. The molecule has 1 N–H and O–H groups in total. The van der Waals surface area contributed by atoms with Crippen LogP contribution in [0.15, 0.2) is 24.3 Å². The third-order valence-corrected chi connectivity index (χ3v) is 6.89. The molecule has 196 valence electrons. The molecule has 2 aliphatic rings. The Morgan fingerprint density at radius 2 is 2.00 bits per heavy atom. The first-order valence-corrected chi connectivity index (χ1v) is 12.5. The molecule has 1 aliphatic heterocycles. The highest BCUT2D eigenvalue weighted by atomic mass is 19.1. The minimum Gasteiger partial charge on any atom is -0.444 e. The van der Waals surface area contributed by atoms with Crippen LogP contribution in [0.2, 0.25) is 0 Å². The number of rotatable bonds is 5. The van der Waals surface area contributed by atoms with Gasteiger partial charge in [-0.15, -0.1) is 0 Å². The van der Waals surface area contributed by atoms with E-state index in [1.807, 2.05) is 6.07 Å². The van der Waals surface area contributed by atoms with E-state index in [0.29, 0.717) is 17.0 Å². The monoisotopic (exact) mass is 509 g/mol. The van der Waals surface area contributed by atoms with Crippen LogP contribution in [-0.2, 0) is 16.0 Å². The van der Waals surface area contributed by atoms with Gasteiger partial charge in [0.2, 0.25) is 11.8 Å². The Labute approximate surface area is 215 Å². The number of benzene rings is 1. The quantitative estimate of drug-likeness (QED) is 0.651. The number of aromatic nitrogens is 2. The second-order valence-corrected chi connectivity index (χ2v) is 10.9. The zero-order valence-corrected chi connectivity index (χ0v) is 21.7. The molecule has 2 fully saturated rings. The Hall–Kier alpha value is -3.74. The maximum absolute atomic E-state index is 15.0. The van der Waals surface area contributed by atoms with Crippen molar-refractivity contribution in [3.63, 3.8) is 0 Å². The van der Waals surface area contributed by atoms with Crippen LogP contribution in [0, 0.1) is 30.0 Å². The Bertz CT molecular complexity index is 1270. The first-order chi connectivity index (χ1) is 17.4. The Kier molecular flexibility index (Phi) is 7.09. The SMILES string of the molecule is CC(=O)n1nc(-c2ccc(CC(C#N)NC(=O)C3C4CCC(C4)N3C(=O)OC(C)(C)C)c(F)c2)cc1C. The number of nitrogens with zero attached hydrogens (tertiary/aromatic N) is 4. The number of carbonyl (C=O) groups is 3. The molecule has 1 saturated carbocycles. The van der Waals surface area contributed by atoms with Gasteiger partial charge in [0.15, 0.2) is 0 Å². The maximum atomic E-state index is 15.0. The average Bonchev–Trinajstić information content (AvgIpc) is 3.53. The number of nitrogens with one attached hydrogen (secondary N) is 1. The van der Waals surface area contributed by atoms with Crippen molar-refractivity contribution < 1.29 is 23.5 Å². The zero-order chi connectivity index (χ0) is 27.1. The Morgan fingerprint density at radius 1 is 1.27 bits per heavy atom. The summed E-state index contributed by atoms with van der Waals surface area (Å²) in [7, 11) is 0. The van der Waals surface area contributed by atoms with Crippen molar-refractivity contribution in [1.29, 1.82) is 5.26 Å². The number of aryl methyl sites for hydroxylation is 1. The minimum absolute atomic E-state index is 0.00569. The normalized spacial score (nSPS) is 21.4. The van der Waals surface area contributed by atoms with Crippen LogP contribution < -0.4 is 5.32 Å². The fourth-order valence-electron chi connectivity index (χ4n) is 5.32. The van der Waals surface area contributed by atoms with E-state index in [1.165, 1.54) is 22.6 Å². The Morgan fingerprint density at radius 3 is 2.59 bits per heavy atom. The molecule has 2 aromatic rings. The molecule has 2 bridgehead atoms. The summed E-state index contributed by atoms with van der Waals surface area (Å²) < 4.78 is 21.8. The van der Waals surface area contributed by atoms with Gasteiger partial charge >= 0.3 is 6.09 Å². The second kappa shape index (κ2) is 9.96. The number of fused-ring (bicyclic) bond motifs is 2. The molecule has 1 aromatic carbocycles. The van der Waals surface area contributed by atoms with Crippen LogP contribution >= 0.6 is 0 Å². The topological polar surface area (TPSA) is 117 Å². The summed E-state index contributed by atoms with van der Waals surface area (Å²) in [5, 5.41) is 16.6. The van der Waals surface area contributed by atoms with Crippen LogP contribution in [-0.4, -0.2) is 56.3 Å². The lowest BCUT2D eigenvalue weighted by Gasteiger charge is -2.35. The highest BCUT2D eigenvalue weighted by molar-refractivity contribution is 5.87. The van der Waals surface area contributed by atoms with Crippen molar-refractivity contribution in [1.82, 2.24) is 20.0 Å². The highest BCUT2D eigenvalue weighted by Gasteiger charge is 2.52. The number of piperidine rings is 1. The van der Waals surface area contributed by atoms with Crippen molar-refractivity contribution in [2.75, 3.05) is 0 Å². The largest absolute Gasteiger partial charge is 0.444 e. The van der Waals surface area contributed by atoms with Gasteiger partial charge in [-0.05, 0) is 70.6 Å². The average molecular weight is 510 g/mol. The van der Waals surface area contributed by atoms with Crippen LogP contribution in [0.25, 0.3) is 11.3 Å². The lowest BCUT2D eigenvalue weighted by molar-refractivity contribution is -0.128. The first-order valence-electron chi connectivity index (χ1n) is 12.5. The van der Waals surface area contributed by atoms with E-state index in [-0.39, 0.29) is 29.9 Å². The molecule has 37 heavy (non-hydrogen) atoms. The second-order valence-electron chi connectivity index (χ2n) is 10.9.